The van der Waals surface area contributed by atoms with E-state index in [1.807, 2.05) is 68.5 Å². The van der Waals surface area contributed by atoms with Crippen LogP contribution in [0.1, 0.15) is 96.1 Å². The monoisotopic (exact) mass is 626 g/mol. The number of aliphatic hydroxyl groups excluding tert-OH is 1. The van der Waals surface area contributed by atoms with Gasteiger partial charge in [-0.05, 0) is 93.7 Å². The molecule has 2 aromatic carbocycles. The van der Waals surface area contributed by atoms with E-state index < -0.39 is 29.6 Å². The van der Waals surface area contributed by atoms with Crippen molar-refractivity contribution in [1.29, 1.82) is 0 Å². The summed E-state index contributed by atoms with van der Waals surface area (Å²) < 4.78 is 17.6. The number of aryl methyl sites for hydroxylation is 1. The topological polar surface area (TPSA) is 86.0 Å². The van der Waals surface area contributed by atoms with E-state index in [4.69, 9.17) is 13.9 Å². The van der Waals surface area contributed by atoms with E-state index in [0.29, 0.717) is 41.9 Å². The number of hydrogen-bond donors (Lipinski definition) is 1. The number of rotatable bonds is 13. The van der Waals surface area contributed by atoms with Gasteiger partial charge in [-0.15, -0.1) is 0 Å². The smallest absolute Gasteiger partial charge is 0.334 e. The summed E-state index contributed by atoms with van der Waals surface area (Å²) in [6, 6.07) is 15.9. The van der Waals surface area contributed by atoms with Crippen LogP contribution in [-0.2, 0) is 25.5 Å². The number of ether oxygens (including phenoxy) is 2. The van der Waals surface area contributed by atoms with Crippen LogP contribution in [0.5, 0.6) is 0 Å². The first kappa shape index (κ1) is 35.0. The number of furan rings is 1. The molecule has 0 aliphatic carbocycles. The molecule has 1 aliphatic heterocycles. The highest BCUT2D eigenvalue weighted by Gasteiger charge is 2.46. The van der Waals surface area contributed by atoms with Gasteiger partial charge in [0.05, 0.1) is 12.0 Å². The summed E-state index contributed by atoms with van der Waals surface area (Å²) in [7, 11) is 0. The van der Waals surface area contributed by atoms with E-state index in [9.17, 15) is 14.7 Å². The van der Waals surface area contributed by atoms with Crippen molar-refractivity contribution in [1.82, 2.24) is 0 Å². The van der Waals surface area contributed by atoms with Crippen LogP contribution in [0.15, 0.2) is 64.6 Å². The fourth-order valence-corrected chi connectivity index (χ4v) is 6.16. The Hall–Kier alpha value is -3.82. The Kier molecular flexibility index (Phi) is 11.6. The molecule has 6 heteroatoms. The molecule has 46 heavy (non-hydrogen) atoms. The molecule has 1 aromatic heterocycles. The highest BCUT2D eigenvalue weighted by Crippen LogP contribution is 2.36. The van der Waals surface area contributed by atoms with Gasteiger partial charge in [0.15, 0.2) is 5.60 Å². The van der Waals surface area contributed by atoms with Gasteiger partial charge in [-0.3, -0.25) is 4.79 Å². The van der Waals surface area contributed by atoms with Crippen LogP contribution in [0.25, 0.3) is 11.0 Å². The van der Waals surface area contributed by atoms with Crippen molar-refractivity contribution < 1.29 is 28.6 Å². The van der Waals surface area contributed by atoms with Gasteiger partial charge in [0, 0.05) is 34.9 Å². The molecule has 4 rings (SSSR count). The van der Waals surface area contributed by atoms with Gasteiger partial charge in [-0.2, -0.15) is 0 Å². The maximum atomic E-state index is 13.5. The first-order chi connectivity index (χ1) is 21.8. The number of aliphatic hydroxyl groups is 1. The Labute approximate surface area is 274 Å². The first-order valence-corrected chi connectivity index (χ1v) is 16.7. The molecule has 0 saturated carbocycles. The molecule has 1 saturated heterocycles. The second kappa shape index (κ2) is 15.2. The number of carbonyl (C=O) groups is 2. The van der Waals surface area contributed by atoms with Gasteiger partial charge in [-0.1, -0.05) is 70.2 Å². The molecule has 0 bridgehead atoms. The first-order valence-electron chi connectivity index (χ1n) is 16.7. The predicted octanol–water partition coefficient (Wildman–Crippen LogP) is 8.35. The fourth-order valence-electron chi connectivity index (χ4n) is 6.16. The second-order valence-electron chi connectivity index (χ2n) is 14.2. The summed E-state index contributed by atoms with van der Waals surface area (Å²) in [5.74, 6) is 7.85. The van der Waals surface area contributed by atoms with E-state index in [2.05, 4.69) is 46.5 Å². The van der Waals surface area contributed by atoms with Crippen molar-refractivity contribution in [2.24, 2.45) is 23.2 Å². The van der Waals surface area contributed by atoms with Crippen molar-refractivity contribution >= 4 is 22.9 Å². The maximum Gasteiger partial charge on any atom is 0.334 e. The lowest BCUT2D eigenvalue weighted by atomic mass is 9.83. The summed E-state index contributed by atoms with van der Waals surface area (Å²) in [6.45, 7) is 14.1. The van der Waals surface area contributed by atoms with Crippen LogP contribution in [-0.4, -0.2) is 35.9 Å². The minimum absolute atomic E-state index is 0.203. The Morgan fingerprint density at radius 2 is 1.70 bits per heavy atom. The lowest BCUT2D eigenvalue weighted by molar-refractivity contribution is -0.172. The highest BCUT2D eigenvalue weighted by atomic mass is 16.6. The van der Waals surface area contributed by atoms with E-state index in [-0.39, 0.29) is 13.0 Å². The molecule has 0 unspecified atom stereocenters. The number of cyclic esters (lactones) is 1. The quantitative estimate of drug-likeness (QED) is 0.117. The van der Waals surface area contributed by atoms with Crippen molar-refractivity contribution in [3.8, 4) is 11.8 Å². The van der Waals surface area contributed by atoms with Gasteiger partial charge in [-0.25, -0.2) is 4.79 Å². The molecule has 246 valence electrons. The van der Waals surface area contributed by atoms with Crippen LogP contribution >= 0.6 is 0 Å². The second-order valence-corrected chi connectivity index (χ2v) is 14.2. The van der Waals surface area contributed by atoms with Gasteiger partial charge in [0.2, 0.25) is 0 Å². The van der Waals surface area contributed by atoms with Crippen molar-refractivity contribution in [3.05, 3.63) is 82.6 Å². The van der Waals surface area contributed by atoms with Crippen LogP contribution in [0.4, 0.5) is 0 Å². The molecule has 2 atom stereocenters. The van der Waals surface area contributed by atoms with Crippen LogP contribution in [0.2, 0.25) is 0 Å². The summed E-state index contributed by atoms with van der Waals surface area (Å²) in [5.41, 5.74) is 2.15. The van der Waals surface area contributed by atoms with Crippen molar-refractivity contribution in [3.63, 3.8) is 0 Å². The standard InChI is InChI=1S/C40H50O6/c1-8-39(7,24-35-22-34-21-31(16-18-36(34)45-35)14-13-30-11-9-29(6)10-12-30)38(43)44-26-40(25-41)23-33(37(42)46-40)17-15-32(19-27(2)3)20-28(4)5/h9-12,16-18,21-22,27-28,32,41H,8,15,19-20,23-26H2,1-7H3/b33-17+/t39-,40+/m0/s1. The molecule has 1 fully saturated rings. The molecule has 3 aromatic rings. The molecule has 2 heterocycles. The van der Waals surface area contributed by atoms with Crippen LogP contribution in [0, 0.1) is 41.9 Å². The lowest BCUT2D eigenvalue weighted by Crippen LogP contribution is -2.42. The molecule has 1 aliphatic rings. The number of allylic oxidation sites excluding steroid dienone is 1. The van der Waals surface area contributed by atoms with E-state index in [1.165, 1.54) is 5.56 Å². The third-order valence-corrected chi connectivity index (χ3v) is 8.95. The molecule has 0 amide bonds. The fraction of sp³-hybridized carbons (Fsp3) is 0.500. The number of carbonyl (C=O) groups excluding carboxylic acids is 2. The average molecular weight is 627 g/mol. The predicted molar refractivity (Wildman–Crippen MR) is 182 cm³/mol. The zero-order valence-electron chi connectivity index (χ0n) is 28.6. The zero-order chi connectivity index (χ0) is 33.5. The highest BCUT2D eigenvalue weighted by molar-refractivity contribution is 5.91. The largest absolute Gasteiger partial charge is 0.461 e. The Balaban J connectivity index is 1.41. The third-order valence-electron chi connectivity index (χ3n) is 8.95. The number of hydrogen-bond acceptors (Lipinski definition) is 6. The van der Waals surface area contributed by atoms with E-state index in [0.717, 1.165) is 41.4 Å². The number of benzene rings is 2. The van der Waals surface area contributed by atoms with Crippen LogP contribution in [0.3, 0.4) is 0 Å². The summed E-state index contributed by atoms with van der Waals surface area (Å²) >= 11 is 0. The van der Waals surface area contributed by atoms with Crippen LogP contribution < -0.4 is 0 Å². The van der Waals surface area contributed by atoms with E-state index in [1.54, 1.807) is 0 Å². The summed E-state index contributed by atoms with van der Waals surface area (Å²) in [6.07, 6.45) is 6.00. The normalized spacial score (nSPS) is 18.7. The van der Waals surface area contributed by atoms with Gasteiger partial charge >= 0.3 is 11.9 Å². The summed E-state index contributed by atoms with van der Waals surface area (Å²) in [4.78, 5) is 26.3. The Morgan fingerprint density at radius 1 is 1.04 bits per heavy atom. The Bertz CT molecular complexity index is 1590. The molecular weight excluding hydrogens is 576 g/mol. The summed E-state index contributed by atoms with van der Waals surface area (Å²) in [5, 5.41) is 11.2. The molecule has 0 radical (unpaired) electrons. The van der Waals surface area contributed by atoms with Gasteiger partial charge in [0.25, 0.3) is 0 Å². The maximum absolute atomic E-state index is 13.5. The zero-order valence-corrected chi connectivity index (χ0v) is 28.6. The van der Waals surface area contributed by atoms with Crippen molar-refractivity contribution in [2.75, 3.05) is 13.2 Å². The number of esters is 2. The van der Waals surface area contributed by atoms with E-state index >= 15 is 0 Å². The van der Waals surface area contributed by atoms with Gasteiger partial charge in [0.1, 0.15) is 18.0 Å². The SMILES string of the molecule is CC[C@@](C)(Cc1cc2cc(C#Cc3ccc(C)cc3)ccc2o1)C(=O)OC[C@]1(CO)C/C(=C\CC(CC(C)C)CC(C)C)C(=O)O1. The number of fused-ring (bicyclic) bond motifs is 1. The Morgan fingerprint density at radius 3 is 2.33 bits per heavy atom. The minimum atomic E-state index is -1.27. The third kappa shape index (κ3) is 9.13. The molecular formula is C40H50O6. The van der Waals surface area contributed by atoms with Gasteiger partial charge < -0.3 is 19.0 Å². The average Bonchev–Trinajstić information content (AvgIpc) is 3.56. The molecule has 0 spiro atoms. The molecule has 1 N–H and O–H groups in total. The van der Waals surface area contributed by atoms with Crippen molar-refractivity contribution in [2.45, 2.75) is 92.6 Å². The lowest BCUT2D eigenvalue weighted by Gasteiger charge is -2.29. The minimum Gasteiger partial charge on any atom is -0.461 e. The molecule has 6 nitrogen and oxygen atoms in total.